The van der Waals surface area contributed by atoms with Gasteiger partial charge >= 0.3 is 0 Å². The highest BCUT2D eigenvalue weighted by molar-refractivity contribution is 9.10. The zero-order valence-corrected chi connectivity index (χ0v) is 23.3. The number of hydrazone groups is 1. The maximum atomic E-state index is 14.0. The molecule has 0 bridgehead atoms. The first kappa shape index (κ1) is 25.9. The van der Waals surface area contributed by atoms with E-state index in [1.54, 1.807) is 0 Å². The molecule has 1 aliphatic rings. The molecule has 2 heterocycles. The molecular formula is C33H26BrN3O3. The minimum absolute atomic E-state index is 0.250. The molecule has 5 aromatic rings. The Morgan fingerprint density at radius 1 is 0.925 bits per heavy atom. The number of pyridine rings is 1. The largest absolute Gasteiger partial charge is 0.367 e. The number of nitrogens with zero attached hydrogens (tertiary/aromatic N) is 2. The van der Waals surface area contributed by atoms with Crippen molar-refractivity contribution in [3.05, 3.63) is 141 Å². The van der Waals surface area contributed by atoms with E-state index in [9.17, 15) is 9.59 Å². The van der Waals surface area contributed by atoms with Crippen LogP contribution in [0.15, 0.2) is 124 Å². The number of ether oxygens (including phenoxy) is 1. The second kappa shape index (κ2) is 11.0. The second-order valence-electron chi connectivity index (χ2n) is 9.65. The maximum Gasteiger partial charge on any atom is 0.276 e. The van der Waals surface area contributed by atoms with Crippen molar-refractivity contribution in [3.63, 3.8) is 0 Å². The number of hydrogen-bond acceptors (Lipinski definition) is 4. The van der Waals surface area contributed by atoms with Gasteiger partial charge in [0.25, 0.3) is 11.5 Å². The topological polar surface area (TPSA) is 74.8 Å². The minimum Gasteiger partial charge on any atom is -0.367 e. The number of aromatic nitrogens is 1. The summed E-state index contributed by atoms with van der Waals surface area (Å²) in [6.07, 6.45) is -0.460. The molecule has 0 saturated heterocycles. The molecule has 0 radical (unpaired) electrons. The molecule has 1 aliphatic heterocycles. The molecule has 2 atom stereocenters. The average Bonchev–Trinajstić information content (AvgIpc) is 3.44. The Labute approximate surface area is 240 Å². The van der Waals surface area contributed by atoms with Gasteiger partial charge in [-0.3, -0.25) is 9.59 Å². The van der Waals surface area contributed by atoms with Crippen LogP contribution in [0, 0.1) is 0 Å². The van der Waals surface area contributed by atoms with Gasteiger partial charge in [0.05, 0.1) is 17.3 Å². The van der Waals surface area contributed by atoms with E-state index in [4.69, 9.17) is 9.84 Å². The lowest BCUT2D eigenvalue weighted by Crippen LogP contribution is -2.32. The molecule has 0 spiro atoms. The Balaban J connectivity index is 1.55. The highest BCUT2D eigenvalue weighted by atomic mass is 79.9. The Bertz CT molecular complexity index is 1770. The number of carbonyl (C=O) groups is 1. The third-order valence-corrected chi connectivity index (χ3v) is 7.70. The van der Waals surface area contributed by atoms with Gasteiger partial charge in [0.15, 0.2) is 6.10 Å². The van der Waals surface area contributed by atoms with Gasteiger partial charge < -0.3 is 9.72 Å². The van der Waals surface area contributed by atoms with Crippen molar-refractivity contribution in [1.82, 2.24) is 9.99 Å². The van der Waals surface area contributed by atoms with Crippen LogP contribution < -0.4 is 5.56 Å². The fourth-order valence-corrected chi connectivity index (χ4v) is 5.73. The zero-order valence-electron chi connectivity index (χ0n) is 21.8. The van der Waals surface area contributed by atoms with Gasteiger partial charge in [-0.2, -0.15) is 5.10 Å². The quantitative estimate of drug-likeness (QED) is 0.230. The fourth-order valence-electron chi connectivity index (χ4n) is 5.37. The van der Waals surface area contributed by atoms with Gasteiger partial charge in [0, 0.05) is 34.5 Å². The highest BCUT2D eigenvalue weighted by Gasteiger charge is 2.38. The Morgan fingerprint density at radius 2 is 1.57 bits per heavy atom. The van der Waals surface area contributed by atoms with Crippen LogP contribution in [0.1, 0.15) is 35.3 Å². The van der Waals surface area contributed by atoms with E-state index in [-0.39, 0.29) is 11.5 Å². The van der Waals surface area contributed by atoms with Crippen molar-refractivity contribution in [3.8, 4) is 11.1 Å². The predicted molar refractivity (Wildman–Crippen MR) is 161 cm³/mol. The first-order valence-corrected chi connectivity index (χ1v) is 13.8. The van der Waals surface area contributed by atoms with Gasteiger partial charge in [-0.1, -0.05) is 107 Å². The number of hydrogen-bond donors (Lipinski definition) is 1. The Hall–Kier alpha value is -4.33. The first-order valence-electron chi connectivity index (χ1n) is 13.0. The molecule has 40 heavy (non-hydrogen) atoms. The molecule has 1 aromatic heterocycles. The number of carbonyl (C=O) groups excluding carboxylic acids is 1. The molecule has 7 heteroatoms. The van der Waals surface area contributed by atoms with Crippen molar-refractivity contribution >= 4 is 38.5 Å². The SMILES string of the molecule is CO[C@H](C(=O)N1N=C(c2c(-c3ccccc3)c3cc(Br)ccc3[nH]c2=O)C[C@@H]1c1ccccc1)c1ccccc1. The van der Waals surface area contributed by atoms with E-state index in [2.05, 4.69) is 20.9 Å². The third kappa shape index (κ3) is 4.78. The number of nitrogens with one attached hydrogen (secondary N) is 1. The summed E-state index contributed by atoms with van der Waals surface area (Å²) < 4.78 is 6.59. The van der Waals surface area contributed by atoms with E-state index in [1.165, 1.54) is 12.1 Å². The van der Waals surface area contributed by atoms with Crippen molar-refractivity contribution in [2.24, 2.45) is 5.10 Å². The normalized spacial score (nSPS) is 15.7. The molecule has 0 saturated carbocycles. The average molecular weight is 592 g/mol. The predicted octanol–water partition coefficient (Wildman–Crippen LogP) is 7.02. The van der Waals surface area contributed by atoms with Crippen LogP contribution in [0.3, 0.4) is 0 Å². The number of aromatic amines is 1. The summed E-state index contributed by atoms with van der Waals surface area (Å²) in [5, 5.41) is 7.25. The summed E-state index contributed by atoms with van der Waals surface area (Å²) in [6, 6.07) is 34.4. The van der Waals surface area contributed by atoms with Crippen LogP contribution in [0.5, 0.6) is 0 Å². The van der Waals surface area contributed by atoms with Gasteiger partial charge in [-0.05, 0) is 34.9 Å². The Kier molecular flexibility index (Phi) is 7.15. The number of amides is 1. The van der Waals surface area contributed by atoms with Crippen LogP contribution in [0.4, 0.5) is 0 Å². The number of halogens is 1. The van der Waals surface area contributed by atoms with Crippen LogP contribution in [-0.4, -0.2) is 28.7 Å². The summed E-state index contributed by atoms with van der Waals surface area (Å²) in [7, 11) is 1.52. The summed E-state index contributed by atoms with van der Waals surface area (Å²) in [5.41, 5.74) is 4.84. The molecule has 0 fully saturated rings. The summed E-state index contributed by atoms with van der Waals surface area (Å²) in [6.45, 7) is 0. The molecule has 1 amide bonds. The van der Waals surface area contributed by atoms with E-state index in [0.29, 0.717) is 17.7 Å². The molecular weight excluding hydrogens is 566 g/mol. The van der Waals surface area contributed by atoms with Gasteiger partial charge in [-0.25, -0.2) is 5.01 Å². The lowest BCUT2D eigenvalue weighted by molar-refractivity contribution is -0.144. The van der Waals surface area contributed by atoms with E-state index < -0.39 is 12.1 Å². The number of H-pyrrole nitrogens is 1. The molecule has 4 aromatic carbocycles. The first-order chi connectivity index (χ1) is 19.5. The fraction of sp³-hybridized carbons (Fsp3) is 0.121. The number of methoxy groups -OCH3 is 1. The molecule has 0 unspecified atom stereocenters. The van der Waals surface area contributed by atoms with Crippen LogP contribution in [0.25, 0.3) is 22.0 Å². The van der Waals surface area contributed by atoms with Gasteiger partial charge in [0.1, 0.15) is 0 Å². The van der Waals surface area contributed by atoms with Crippen LogP contribution >= 0.6 is 15.9 Å². The van der Waals surface area contributed by atoms with Crippen molar-refractivity contribution in [2.45, 2.75) is 18.6 Å². The molecule has 6 nitrogen and oxygen atoms in total. The summed E-state index contributed by atoms with van der Waals surface area (Å²) in [4.78, 5) is 30.8. The van der Waals surface area contributed by atoms with Gasteiger partial charge in [0.2, 0.25) is 0 Å². The second-order valence-corrected chi connectivity index (χ2v) is 10.6. The Morgan fingerprint density at radius 3 is 2.25 bits per heavy atom. The lowest BCUT2D eigenvalue weighted by atomic mass is 9.91. The van der Waals surface area contributed by atoms with Crippen LogP contribution in [-0.2, 0) is 9.53 Å². The number of rotatable bonds is 6. The molecule has 0 aliphatic carbocycles. The van der Waals surface area contributed by atoms with Crippen molar-refractivity contribution in [1.29, 1.82) is 0 Å². The zero-order chi connectivity index (χ0) is 27.6. The lowest BCUT2D eigenvalue weighted by Gasteiger charge is -2.26. The molecule has 6 rings (SSSR count). The van der Waals surface area contributed by atoms with Crippen LogP contribution in [0.2, 0.25) is 0 Å². The monoisotopic (exact) mass is 591 g/mol. The number of benzene rings is 4. The van der Waals surface area contributed by atoms with E-state index in [0.717, 1.165) is 37.6 Å². The van der Waals surface area contributed by atoms with E-state index in [1.807, 2.05) is 109 Å². The smallest absolute Gasteiger partial charge is 0.276 e. The third-order valence-electron chi connectivity index (χ3n) is 7.21. The molecule has 1 N–H and O–H groups in total. The van der Waals surface area contributed by atoms with Crippen molar-refractivity contribution < 1.29 is 9.53 Å². The summed E-state index contributed by atoms with van der Waals surface area (Å²) in [5.74, 6) is -0.293. The minimum atomic E-state index is -0.838. The number of fused-ring (bicyclic) bond motifs is 1. The highest BCUT2D eigenvalue weighted by Crippen LogP contribution is 2.38. The van der Waals surface area contributed by atoms with Gasteiger partial charge in [-0.15, -0.1) is 0 Å². The maximum absolute atomic E-state index is 14.0. The van der Waals surface area contributed by atoms with E-state index >= 15 is 0 Å². The molecule has 198 valence electrons. The van der Waals surface area contributed by atoms with Crippen molar-refractivity contribution in [2.75, 3.05) is 7.11 Å². The standard InChI is InChI=1S/C33H26BrN3O3/c1-40-31(23-15-9-4-10-16-23)33(39)37-28(21-11-5-2-6-12-21)20-27(36-37)30-29(22-13-7-3-8-14-22)25-19-24(34)17-18-26(25)35-32(30)38/h2-19,28,31H,20H2,1H3,(H,35,38)/t28-,31+/m1/s1. The summed E-state index contributed by atoms with van der Waals surface area (Å²) >= 11 is 3.59.